The number of esters is 1. The molecule has 2 aliphatic rings. The predicted molar refractivity (Wildman–Crippen MR) is 91.7 cm³/mol. The summed E-state index contributed by atoms with van der Waals surface area (Å²) in [6.07, 6.45) is 4.99. The maximum atomic E-state index is 11.7. The van der Waals surface area contributed by atoms with E-state index in [1.165, 1.54) is 18.2 Å². The Bertz CT molecular complexity index is 612. The van der Waals surface area contributed by atoms with Crippen LogP contribution in [0.3, 0.4) is 0 Å². The number of piperidine rings is 1. The van der Waals surface area contributed by atoms with Crippen molar-refractivity contribution in [2.75, 3.05) is 33.8 Å². The minimum absolute atomic E-state index is 0.217. The van der Waals surface area contributed by atoms with Crippen LogP contribution < -0.4 is 5.32 Å². The number of carbonyl (C=O) groups is 1. The van der Waals surface area contributed by atoms with Crippen molar-refractivity contribution in [3.05, 3.63) is 45.7 Å². The van der Waals surface area contributed by atoms with E-state index in [-0.39, 0.29) is 12.5 Å². The van der Waals surface area contributed by atoms with Crippen LogP contribution >= 0.6 is 11.3 Å². The summed E-state index contributed by atoms with van der Waals surface area (Å²) in [5.74, 6) is 0.861. The normalized spacial score (nSPS) is 18.9. The lowest BCUT2D eigenvalue weighted by molar-refractivity contribution is -0.140. The average Bonchev–Trinajstić information content (AvgIpc) is 3.18. The van der Waals surface area contributed by atoms with Gasteiger partial charge >= 0.3 is 5.97 Å². The zero-order chi connectivity index (χ0) is 16.2. The highest BCUT2D eigenvalue weighted by molar-refractivity contribution is 7.07. The third-order valence-corrected chi connectivity index (χ3v) is 5.04. The van der Waals surface area contributed by atoms with Crippen LogP contribution in [0.1, 0.15) is 18.4 Å². The molecule has 1 fully saturated rings. The molecule has 0 amide bonds. The van der Waals surface area contributed by atoms with Gasteiger partial charge in [-0.3, -0.25) is 4.79 Å². The van der Waals surface area contributed by atoms with Crippen molar-refractivity contribution in [1.29, 1.82) is 0 Å². The summed E-state index contributed by atoms with van der Waals surface area (Å²) >= 11 is 1.71. The zero-order valence-electron chi connectivity index (χ0n) is 13.7. The molecule has 6 heteroatoms. The molecule has 0 radical (unpaired) electrons. The quantitative estimate of drug-likeness (QED) is 0.856. The molecule has 2 aliphatic heterocycles. The van der Waals surface area contributed by atoms with Crippen LogP contribution in [0, 0.1) is 0 Å². The molecule has 1 aromatic rings. The summed E-state index contributed by atoms with van der Waals surface area (Å²) in [4.78, 5) is 16.1. The number of rotatable bonds is 4. The Balaban J connectivity index is 1.78. The van der Waals surface area contributed by atoms with Gasteiger partial charge in [-0.1, -0.05) is 0 Å². The minimum Gasteiger partial charge on any atom is -0.468 e. The Morgan fingerprint density at radius 2 is 2.17 bits per heavy atom. The molecule has 0 aliphatic carbocycles. The summed E-state index contributed by atoms with van der Waals surface area (Å²) in [6, 6.07) is 2.14. The second kappa shape index (κ2) is 7.19. The molecular weight excluding hydrogens is 310 g/mol. The Kier molecular flexibility index (Phi) is 5.03. The molecule has 124 valence electrons. The van der Waals surface area contributed by atoms with Gasteiger partial charge in [0.2, 0.25) is 0 Å². The number of ether oxygens (including phenoxy) is 1. The third-order valence-electron chi connectivity index (χ3n) is 4.31. The first kappa shape index (κ1) is 16.1. The van der Waals surface area contributed by atoms with Gasteiger partial charge in [-0.25, -0.2) is 0 Å². The van der Waals surface area contributed by atoms with Gasteiger partial charge in [-0.05, 0) is 47.9 Å². The van der Waals surface area contributed by atoms with E-state index in [2.05, 4.69) is 40.3 Å². The first-order chi connectivity index (χ1) is 11.2. The molecular formula is C17H23N3O2S. The summed E-state index contributed by atoms with van der Waals surface area (Å²) in [7, 11) is 3.58. The Labute approximate surface area is 141 Å². The molecule has 23 heavy (non-hydrogen) atoms. The lowest BCUT2D eigenvalue weighted by Crippen LogP contribution is -2.32. The van der Waals surface area contributed by atoms with Crippen molar-refractivity contribution >= 4 is 17.3 Å². The number of hydrogen-bond acceptors (Lipinski definition) is 6. The van der Waals surface area contributed by atoms with Gasteiger partial charge in [0.15, 0.2) is 0 Å². The predicted octanol–water partition coefficient (Wildman–Crippen LogP) is 2.15. The zero-order valence-corrected chi connectivity index (χ0v) is 14.5. The van der Waals surface area contributed by atoms with E-state index in [9.17, 15) is 4.79 Å². The molecule has 1 saturated heterocycles. The van der Waals surface area contributed by atoms with Gasteiger partial charge in [0.25, 0.3) is 0 Å². The standard InChI is InChI=1S/C17H23N3O2S/c1-19-6-3-14(4-7-19)17-18-15(9-13-5-8-23-12-13)10-20(17)11-16(21)22-2/h5,8,10,12,18H,3-4,6-7,9,11H2,1-2H3. The fourth-order valence-electron chi connectivity index (χ4n) is 2.96. The monoisotopic (exact) mass is 333 g/mol. The van der Waals surface area contributed by atoms with Crippen molar-refractivity contribution in [2.45, 2.75) is 19.3 Å². The van der Waals surface area contributed by atoms with Crippen LogP contribution in [0.15, 0.2) is 40.1 Å². The molecule has 3 heterocycles. The van der Waals surface area contributed by atoms with Crippen molar-refractivity contribution in [2.24, 2.45) is 0 Å². The summed E-state index contributed by atoms with van der Waals surface area (Å²) < 4.78 is 4.84. The van der Waals surface area contributed by atoms with Crippen LogP contribution in [-0.4, -0.2) is 49.6 Å². The maximum absolute atomic E-state index is 11.7. The third kappa shape index (κ3) is 3.95. The number of nitrogens with one attached hydrogen (secondary N) is 1. The van der Waals surface area contributed by atoms with Crippen molar-refractivity contribution in [3.8, 4) is 0 Å². The number of thiophene rings is 1. The van der Waals surface area contributed by atoms with Gasteiger partial charge < -0.3 is 19.9 Å². The Morgan fingerprint density at radius 1 is 1.39 bits per heavy atom. The molecule has 3 rings (SSSR count). The smallest absolute Gasteiger partial charge is 0.325 e. The molecule has 0 saturated carbocycles. The average molecular weight is 333 g/mol. The van der Waals surface area contributed by atoms with E-state index in [0.717, 1.165) is 43.9 Å². The number of allylic oxidation sites excluding steroid dienone is 1. The fraction of sp³-hybridized carbons (Fsp3) is 0.471. The second-order valence-corrected chi connectivity index (χ2v) is 6.83. The summed E-state index contributed by atoms with van der Waals surface area (Å²) in [5, 5.41) is 7.79. The first-order valence-corrected chi connectivity index (χ1v) is 8.83. The SMILES string of the molecule is COC(=O)CN1C=C(Cc2ccsc2)NC1=C1CCN(C)CC1. The number of methoxy groups -OCH3 is 1. The maximum Gasteiger partial charge on any atom is 0.325 e. The fourth-order valence-corrected chi connectivity index (χ4v) is 3.63. The van der Waals surface area contributed by atoms with E-state index >= 15 is 0 Å². The van der Waals surface area contributed by atoms with Crippen LogP contribution in [0.4, 0.5) is 0 Å². The van der Waals surface area contributed by atoms with Gasteiger partial charge in [0.05, 0.1) is 7.11 Å². The van der Waals surface area contributed by atoms with Crippen LogP contribution in [0.25, 0.3) is 0 Å². The summed E-state index contributed by atoms with van der Waals surface area (Å²) in [6.45, 7) is 2.38. The van der Waals surface area contributed by atoms with E-state index in [4.69, 9.17) is 4.74 Å². The van der Waals surface area contributed by atoms with Crippen molar-refractivity contribution < 1.29 is 9.53 Å². The van der Waals surface area contributed by atoms with Gasteiger partial charge in [-0.2, -0.15) is 11.3 Å². The number of likely N-dealkylation sites (tertiary alicyclic amines) is 1. The van der Waals surface area contributed by atoms with Gasteiger partial charge in [0.1, 0.15) is 12.4 Å². The van der Waals surface area contributed by atoms with E-state index in [1.54, 1.807) is 11.3 Å². The number of carbonyl (C=O) groups excluding carboxylic acids is 1. The number of nitrogens with zero attached hydrogens (tertiary/aromatic N) is 2. The highest BCUT2D eigenvalue weighted by Crippen LogP contribution is 2.26. The van der Waals surface area contributed by atoms with Crippen LogP contribution in [-0.2, 0) is 16.0 Å². The Hall–Kier alpha value is -1.79. The lowest BCUT2D eigenvalue weighted by atomic mass is 10.0. The molecule has 1 N–H and O–H groups in total. The van der Waals surface area contributed by atoms with Gasteiger partial charge in [-0.15, -0.1) is 0 Å². The molecule has 1 aromatic heterocycles. The molecule has 0 spiro atoms. The molecule has 0 unspecified atom stereocenters. The molecule has 0 bridgehead atoms. The first-order valence-electron chi connectivity index (χ1n) is 7.88. The Morgan fingerprint density at radius 3 is 2.83 bits per heavy atom. The van der Waals surface area contributed by atoms with Gasteiger partial charge in [0, 0.05) is 31.4 Å². The van der Waals surface area contributed by atoms with Crippen LogP contribution in [0.5, 0.6) is 0 Å². The highest BCUT2D eigenvalue weighted by Gasteiger charge is 2.25. The topological polar surface area (TPSA) is 44.8 Å². The second-order valence-electron chi connectivity index (χ2n) is 6.05. The van der Waals surface area contributed by atoms with Crippen LogP contribution in [0.2, 0.25) is 0 Å². The molecule has 0 aromatic carbocycles. The number of hydrogen-bond donors (Lipinski definition) is 1. The lowest BCUT2D eigenvalue weighted by Gasteiger charge is -2.28. The van der Waals surface area contributed by atoms with E-state index in [1.807, 2.05) is 4.90 Å². The van der Waals surface area contributed by atoms with E-state index in [0.29, 0.717) is 0 Å². The highest BCUT2D eigenvalue weighted by atomic mass is 32.1. The summed E-state index contributed by atoms with van der Waals surface area (Å²) in [5.41, 5.74) is 3.82. The van der Waals surface area contributed by atoms with Crippen molar-refractivity contribution in [1.82, 2.24) is 15.1 Å². The van der Waals surface area contributed by atoms with Crippen molar-refractivity contribution in [3.63, 3.8) is 0 Å². The minimum atomic E-state index is -0.217. The molecule has 5 nitrogen and oxygen atoms in total. The largest absolute Gasteiger partial charge is 0.468 e. The van der Waals surface area contributed by atoms with E-state index < -0.39 is 0 Å². The molecule has 0 atom stereocenters.